The molecule has 188 valence electrons. The SMILES string of the molecule is O=C(O)Cc1ccc(Cl)cc1C(=O)N1CCC(CN2CCC(Oc3ccc(Cl)c(Cl)c3)CC2)CC1. The summed E-state index contributed by atoms with van der Waals surface area (Å²) in [6.07, 6.45) is 3.75. The van der Waals surface area contributed by atoms with Crippen LogP contribution in [0.3, 0.4) is 0 Å². The number of rotatable bonds is 7. The van der Waals surface area contributed by atoms with Gasteiger partial charge in [-0.1, -0.05) is 40.9 Å². The number of likely N-dealkylation sites (tertiary alicyclic amines) is 2. The number of carbonyl (C=O) groups excluding carboxylic acids is 1. The number of carboxylic acid groups (broad SMARTS) is 1. The molecule has 0 aliphatic carbocycles. The third kappa shape index (κ3) is 7.04. The monoisotopic (exact) mass is 538 g/mol. The van der Waals surface area contributed by atoms with E-state index >= 15 is 0 Å². The van der Waals surface area contributed by atoms with E-state index in [1.54, 1.807) is 30.3 Å². The fourth-order valence-corrected chi connectivity index (χ4v) is 5.33. The van der Waals surface area contributed by atoms with Gasteiger partial charge in [-0.15, -0.1) is 0 Å². The number of benzene rings is 2. The molecule has 0 bridgehead atoms. The lowest BCUT2D eigenvalue weighted by Gasteiger charge is -2.37. The Kier molecular flexibility index (Phi) is 8.82. The Morgan fingerprint density at radius 1 is 0.914 bits per heavy atom. The average Bonchev–Trinajstić information content (AvgIpc) is 2.83. The van der Waals surface area contributed by atoms with Crippen LogP contribution in [-0.2, 0) is 11.2 Å². The lowest BCUT2D eigenvalue weighted by atomic mass is 9.94. The molecule has 0 saturated carbocycles. The number of carbonyl (C=O) groups is 2. The van der Waals surface area contributed by atoms with Crippen molar-refractivity contribution in [1.29, 1.82) is 0 Å². The maximum Gasteiger partial charge on any atom is 0.307 e. The van der Waals surface area contributed by atoms with E-state index in [1.165, 1.54) is 0 Å². The third-order valence-corrected chi connectivity index (χ3v) is 7.76. The number of halogens is 3. The Morgan fingerprint density at radius 3 is 2.29 bits per heavy atom. The van der Waals surface area contributed by atoms with E-state index in [-0.39, 0.29) is 18.4 Å². The van der Waals surface area contributed by atoms with Crippen molar-refractivity contribution >= 4 is 46.7 Å². The molecule has 2 saturated heterocycles. The molecule has 1 amide bonds. The van der Waals surface area contributed by atoms with Gasteiger partial charge in [0, 0.05) is 49.4 Å². The molecule has 2 aliphatic rings. The zero-order chi connectivity index (χ0) is 24.9. The predicted molar refractivity (Wildman–Crippen MR) is 138 cm³/mol. The maximum absolute atomic E-state index is 13.1. The van der Waals surface area contributed by atoms with E-state index in [9.17, 15) is 14.7 Å². The van der Waals surface area contributed by atoms with E-state index in [2.05, 4.69) is 4.90 Å². The zero-order valence-electron chi connectivity index (χ0n) is 19.4. The summed E-state index contributed by atoms with van der Waals surface area (Å²) in [6, 6.07) is 10.2. The van der Waals surface area contributed by atoms with E-state index in [4.69, 9.17) is 39.5 Å². The first-order valence-corrected chi connectivity index (χ1v) is 13.1. The highest BCUT2D eigenvalue weighted by Crippen LogP contribution is 2.29. The van der Waals surface area contributed by atoms with Gasteiger partial charge in [0.2, 0.25) is 0 Å². The molecular formula is C26H29Cl3N2O4. The summed E-state index contributed by atoms with van der Waals surface area (Å²) in [5.74, 6) is 0.180. The Bertz CT molecular complexity index is 1060. The molecule has 4 rings (SSSR count). The van der Waals surface area contributed by atoms with Crippen molar-refractivity contribution in [3.63, 3.8) is 0 Å². The molecule has 0 unspecified atom stereocenters. The van der Waals surface area contributed by atoms with Crippen molar-refractivity contribution in [3.05, 3.63) is 62.6 Å². The number of hydrogen-bond donors (Lipinski definition) is 1. The second-order valence-corrected chi connectivity index (χ2v) is 10.6. The van der Waals surface area contributed by atoms with Crippen LogP contribution in [-0.4, -0.2) is 65.6 Å². The number of amides is 1. The normalized spacial score (nSPS) is 18.0. The Morgan fingerprint density at radius 2 is 1.63 bits per heavy atom. The molecule has 0 radical (unpaired) electrons. The van der Waals surface area contributed by atoms with Crippen LogP contribution in [0.25, 0.3) is 0 Å². The summed E-state index contributed by atoms with van der Waals surface area (Å²) >= 11 is 18.2. The molecule has 6 nitrogen and oxygen atoms in total. The van der Waals surface area contributed by atoms with Crippen LogP contribution < -0.4 is 4.74 Å². The predicted octanol–water partition coefficient (Wildman–Crippen LogP) is 5.67. The van der Waals surface area contributed by atoms with Crippen LogP contribution in [0.5, 0.6) is 5.75 Å². The third-order valence-electron chi connectivity index (χ3n) is 6.79. The van der Waals surface area contributed by atoms with Gasteiger partial charge < -0.3 is 19.6 Å². The van der Waals surface area contributed by atoms with Crippen molar-refractivity contribution in [1.82, 2.24) is 9.80 Å². The largest absolute Gasteiger partial charge is 0.490 e. The molecule has 2 aromatic carbocycles. The average molecular weight is 540 g/mol. The summed E-state index contributed by atoms with van der Waals surface area (Å²) in [4.78, 5) is 28.6. The first kappa shape index (κ1) is 26.1. The van der Waals surface area contributed by atoms with Gasteiger partial charge in [0.05, 0.1) is 16.5 Å². The smallest absolute Gasteiger partial charge is 0.307 e. The zero-order valence-corrected chi connectivity index (χ0v) is 21.7. The molecule has 0 spiro atoms. The van der Waals surface area contributed by atoms with Crippen molar-refractivity contribution in [2.75, 3.05) is 32.7 Å². The molecular weight excluding hydrogens is 511 g/mol. The van der Waals surface area contributed by atoms with E-state index < -0.39 is 5.97 Å². The number of ether oxygens (including phenoxy) is 1. The van der Waals surface area contributed by atoms with E-state index in [0.717, 1.165) is 51.1 Å². The summed E-state index contributed by atoms with van der Waals surface area (Å²) in [5.41, 5.74) is 0.891. The fourth-order valence-electron chi connectivity index (χ4n) is 4.87. The number of nitrogens with zero attached hydrogens (tertiary/aromatic N) is 2. The molecule has 35 heavy (non-hydrogen) atoms. The maximum atomic E-state index is 13.1. The quantitative estimate of drug-likeness (QED) is 0.491. The van der Waals surface area contributed by atoms with Crippen LogP contribution >= 0.6 is 34.8 Å². The molecule has 0 aromatic heterocycles. The highest BCUT2D eigenvalue weighted by Gasteiger charge is 2.28. The van der Waals surface area contributed by atoms with Gasteiger partial charge in [0.25, 0.3) is 5.91 Å². The van der Waals surface area contributed by atoms with Gasteiger partial charge in [0.1, 0.15) is 11.9 Å². The fraction of sp³-hybridized carbons (Fsp3) is 0.462. The second-order valence-electron chi connectivity index (χ2n) is 9.30. The minimum Gasteiger partial charge on any atom is -0.490 e. The number of piperidine rings is 2. The Hall–Kier alpha value is -1.99. The lowest BCUT2D eigenvalue weighted by Crippen LogP contribution is -2.44. The van der Waals surface area contributed by atoms with Crippen LogP contribution in [0.1, 0.15) is 41.6 Å². The summed E-state index contributed by atoms with van der Waals surface area (Å²) in [7, 11) is 0. The Labute approximate surface area is 220 Å². The first-order chi connectivity index (χ1) is 16.8. The molecule has 9 heteroatoms. The van der Waals surface area contributed by atoms with Gasteiger partial charge in [-0.05, 0) is 61.4 Å². The van der Waals surface area contributed by atoms with Crippen molar-refractivity contribution in [3.8, 4) is 5.75 Å². The van der Waals surface area contributed by atoms with Crippen LogP contribution in [0.4, 0.5) is 0 Å². The summed E-state index contributed by atoms with van der Waals surface area (Å²) in [5, 5.41) is 10.6. The van der Waals surface area contributed by atoms with E-state index in [0.29, 0.717) is 45.2 Å². The molecule has 0 atom stereocenters. The van der Waals surface area contributed by atoms with Crippen molar-refractivity contribution in [2.24, 2.45) is 5.92 Å². The lowest BCUT2D eigenvalue weighted by molar-refractivity contribution is -0.136. The van der Waals surface area contributed by atoms with Gasteiger partial charge in [0.15, 0.2) is 0 Å². The van der Waals surface area contributed by atoms with Gasteiger partial charge in [-0.2, -0.15) is 0 Å². The number of hydrogen-bond acceptors (Lipinski definition) is 4. The highest BCUT2D eigenvalue weighted by atomic mass is 35.5. The summed E-state index contributed by atoms with van der Waals surface area (Å²) < 4.78 is 6.09. The molecule has 1 N–H and O–H groups in total. The number of carboxylic acids is 1. The number of aliphatic carboxylic acids is 1. The van der Waals surface area contributed by atoms with Crippen LogP contribution in [0.2, 0.25) is 15.1 Å². The molecule has 2 heterocycles. The van der Waals surface area contributed by atoms with Crippen LogP contribution in [0, 0.1) is 5.92 Å². The topological polar surface area (TPSA) is 70.1 Å². The molecule has 2 aliphatic heterocycles. The van der Waals surface area contributed by atoms with E-state index in [1.807, 2.05) is 11.0 Å². The summed E-state index contributed by atoms with van der Waals surface area (Å²) in [6.45, 7) is 4.31. The van der Waals surface area contributed by atoms with Gasteiger partial charge in [-0.3, -0.25) is 9.59 Å². The standard InChI is InChI=1S/C26H29Cl3N2O4/c27-19-2-1-18(13-25(32)33)22(14-19)26(34)31-11-5-17(6-12-31)16-30-9-7-20(8-10-30)35-21-3-4-23(28)24(29)15-21/h1-4,14-15,17,20H,5-13,16H2,(H,32,33). The van der Waals surface area contributed by atoms with Gasteiger partial charge in [-0.25, -0.2) is 0 Å². The second kappa shape index (κ2) is 11.8. The molecule has 2 fully saturated rings. The molecule has 2 aromatic rings. The van der Waals surface area contributed by atoms with Crippen molar-refractivity contribution < 1.29 is 19.4 Å². The minimum atomic E-state index is -0.966. The van der Waals surface area contributed by atoms with Crippen molar-refractivity contribution in [2.45, 2.75) is 38.2 Å². The Balaban J connectivity index is 1.23. The first-order valence-electron chi connectivity index (χ1n) is 11.9. The minimum absolute atomic E-state index is 0.137. The van der Waals surface area contributed by atoms with Gasteiger partial charge >= 0.3 is 5.97 Å². The van der Waals surface area contributed by atoms with Crippen LogP contribution in [0.15, 0.2) is 36.4 Å². The highest BCUT2D eigenvalue weighted by molar-refractivity contribution is 6.42.